The molecule has 0 radical (unpaired) electrons. The summed E-state index contributed by atoms with van der Waals surface area (Å²) >= 11 is 3.35. The Kier molecular flexibility index (Phi) is 2.71. The maximum absolute atomic E-state index is 4.44. The van der Waals surface area contributed by atoms with Gasteiger partial charge in [0, 0.05) is 11.3 Å². The van der Waals surface area contributed by atoms with E-state index in [9.17, 15) is 0 Å². The van der Waals surface area contributed by atoms with Gasteiger partial charge in [0.05, 0.1) is 5.69 Å². The summed E-state index contributed by atoms with van der Waals surface area (Å²) in [5.74, 6) is 0. The summed E-state index contributed by atoms with van der Waals surface area (Å²) in [5, 5.41) is 0. The van der Waals surface area contributed by atoms with Crippen molar-refractivity contribution in [2.45, 2.75) is 26.2 Å². The lowest BCUT2D eigenvalue weighted by Gasteiger charge is -2.05. The van der Waals surface area contributed by atoms with Crippen LogP contribution in [0.25, 0.3) is 11.3 Å². The van der Waals surface area contributed by atoms with Crippen LogP contribution in [-0.2, 0) is 12.8 Å². The number of hydrogen-bond acceptors (Lipinski definition) is 2. The van der Waals surface area contributed by atoms with Gasteiger partial charge in [0.25, 0.3) is 0 Å². The summed E-state index contributed by atoms with van der Waals surface area (Å²) in [5.41, 5.74) is 6.16. The molecule has 0 unspecified atom stereocenters. The summed E-state index contributed by atoms with van der Waals surface area (Å²) in [6.07, 6.45) is 3.71. The van der Waals surface area contributed by atoms with E-state index in [1.165, 1.54) is 36.0 Å². The predicted molar refractivity (Wildman–Crippen MR) is 71.9 cm³/mol. The second kappa shape index (κ2) is 4.22. The van der Waals surface area contributed by atoms with Gasteiger partial charge in [-0.1, -0.05) is 12.1 Å². The van der Waals surface area contributed by atoms with E-state index in [-0.39, 0.29) is 0 Å². The van der Waals surface area contributed by atoms with Crippen molar-refractivity contribution >= 4 is 15.9 Å². The van der Waals surface area contributed by atoms with Crippen LogP contribution in [0, 0.1) is 6.92 Å². The van der Waals surface area contributed by atoms with Crippen LogP contribution in [0.5, 0.6) is 0 Å². The zero-order chi connectivity index (χ0) is 11.8. The van der Waals surface area contributed by atoms with E-state index < -0.39 is 0 Å². The normalized spacial score (nSPS) is 13.8. The molecule has 0 bridgehead atoms. The molecule has 3 rings (SSSR count). The topological polar surface area (TPSA) is 25.8 Å². The fraction of sp³-hybridized carbons (Fsp3) is 0.286. The quantitative estimate of drug-likeness (QED) is 0.748. The average molecular weight is 289 g/mol. The van der Waals surface area contributed by atoms with Gasteiger partial charge in [0.1, 0.15) is 0 Å². The Hall–Kier alpha value is -1.22. The molecule has 2 nitrogen and oxygen atoms in total. The van der Waals surface area contributed by atoms with Crippen molar-refractivity contribution in [1.29, 1.82) is 0 Å². The van der Waals surface area contributed by atoms with Crippen LogP contribution in [-0.4, -0.2) is 9.97 Å². The molecule has 2 aromatic rings. The first-order valence-electron chi connectivity index (χ1n) is 5.86. The zero-order valence-electron chi connectivity index (χ0n) is 9.70. The number of aryl methyl sites for hydroxylation is 3. The molecule has 0 atom stereocenters. The molecule has 86 valence electrons. The van der Waals surface area contributed by atoms with E-state index in [0.717, 1.165) is 11.4 Å². The highest BCUT2D eigenvalue weighted by Gasteiger charge is 2.12. The first kappa shape index (κ1) is 10.9. The van der Waals surface area contributed by atoms with E-state index in [4.69, 9.17) is 0 Å². The van der Waals surface area contributed by atoms with E-state index >= 15 is 0 Å². The van der Waals surface area contributed by atoms with Gasteiger partial charge in [-0.25, -0.2) is 9.97 Å². The Labute approximate surface area is 109 Å². The fourth-order valence-electron chi connectivity index (χ4n) is 2.41. The van der Waals surface area contributed by atoms with Crippen LogP contribution >= 0.6 is 15.9 Å². The zero-order valence-corrected chi connectivity index (χ0v) is 11.3. The first-order chi connectivity index (χ1) is 8.22. The van der Waals surface area contributed by atoms with Crippen LogP contribution in [0.1, 0.15) is 23.2 Å². The lowest BCUT2D eigenvalue weighted by Crippen LogP contribution is -1.92. The van der Waals surface area contributed by atoms with Gasteiger partial charge < -0.3 is 0 Å². The average Bonchev–Trinajstić information content (AvgIpc) is 2.74. The van der Waals surface area contributed by atoms with Gasteiger partial charge in [-0.15, -0.1) is 0 Å². The molecular weight excluding hydrogens is 276 g/mol. The Morgan fingerprint density at radius 3 is 2.71 bits per heavy atom. The van der Waals surface area contributed by atoms with Crippen molar-refractivity contribution in [3.8, 4) is 11.3 Å². The molecule has 3 heteroatoms. The van der Waals surface area contributed by atoms with E-state index in [2.05, 4.69) is 44.1 Å². The van der Waals surface area contributed by atoms with Crippen LogP contribution in [0.15, 0.2) is 29.0 Å². The molecule has 1 aliphatic rings. The number of fused-ring (bicyclic) bond motifs is 1. The van der Waals surface area contributed by atoms with E-state index in [0.29, 0.717) is 4.73 Å². The minimum Gasteiger partial charge on any atom is -0.227 e. The largest absolute Gasteiger partial charge is 0.227 e. The second-order valence-corrected chi connectivity index (χ2v) is 5.21. The Morgan fingerprint density at radius 1 is 1.06 bits per heavy atom. The van der Waals surface area contributed by atoms with Crippen molar-refractivity contribution in [2.75, 3.05) is 0 Å². The van der Waals surface area contributed by atoms with Crippen LogP contribution < -0.4 is 0 Å². The third-order valence-electron chi connectivity index (χ3n) is 3.22. The van der Waals surface area contributed by atoms with Crippen LogP contribution in [0.4, 0.5) is 0 Å². The van der Waals surface area contributed by atoms with Gasteiger partial charge >= 0.3 is 0 Å². The minimum atomic E-state index is 0.660. The van der Waals surface area contributed by atoms with Crippen molar-refractivity contribution in [1.82, 2.24) is 9.97 Å². The third kappa shape index (κ3) is 2.12. The molecule has 0 N–H and O–H groups in total. The molecule has 1 aromatic carbocycles. The lowest BCUT2D eigenvalue weighted by molar-refractivity contribution is 0.912. The molecule has 0 aliphatic heterocycles. The van der Waals surface area contributed by atoms with Crippen molar-refractivity contribution in [3.05, 3.63) is 45.8 Å². The van der Waals surface area contributed by atoms with Gasteiger partial charge in [0.15, 0.2) is 4.73 Å². The molecule has 1 aromatic heterocycles. The van der Waals surface area contributed by atoms with Crippen molar-refractivity contribution in [3.63, 3.8) is 0 Å². The molecular formula is C14H13BrN2. The first-order valence-corrected chi connectivity index (χ1v) is 6.65. The molecule has 0 amide bonds. The summed E-state index contributed by atoms with van der Waals surface area (Å²) < 4.78 is 0.660. The molecule has 1 aliphatic carbocycles. The molecule has 1 heterocycles. The van der Waals surface area contributed by atoms with E-state index in [1.807, 2.05) is 13.0 Å². The van der Waals surface area contributed by atoms with Gasteiger partial charge in [-0.3, -0.25) is 0 Å². The van der Waals surface area contributed by atoms with Gasteiger partial charge in [-0.05, 0) is 65.4 Å². The highest BCUT2D eigenvalue weighted by molar-refractivity contribution is 9.10. The fourth-order valence-corrected chi connectivity index (χ4v) is 2.88. The lowest BCUT2D eigenvalue weighted by atomic mass is 10.0. The number of halogens is 1. The Bertz CT molecular complexity index is 558. The number of rotatable bonds is 1. The smallest absolute Gasteiger partial charge is 0.197 e. The Balaban J connectivity index is 2.09. The number of nitrogens with zero attached hydrogens (tertiary/aromatic N) is 2. The summed E-state index contributed by atoms with van der Waals surface area (Å²) in [6.45, 7) is 1.99. The number of aromatic nitrogens is 2. The maximum atomic E-state index is 4.44. The third-order valence-corrected chi connectivity index (χ3v) is 3.58. The van der Waals surface area contributed by atoms with E-state index in [1.54, 1.807) is 0 Å². The van der Waals surface area contributed by atoms with Crippen molar-refractivity contribution in [2.24, 2.45) is 0 Å². The van der Waals surface area contributed by atoms with Crippen molar-refractivity contribution < 1.29 is 0 Å². The predicted octanol–water partition coefficient (Wildman–Crippen LogP) is 3.70. The molecule has 17 heavy (non-hydrogen) atoms. The Morgan fingerprint density at radius 2 is 1.88 bits per heavy atom. The SMILES string of the molecule is Cc1cc(-c2ccc3c(c2)CCC3)nc(Br)n1. The highest BCUT2D eigenvalue weighted by atomic mass is 79.9. The maximum Gasteiger partial charge on any atom is 0.197 e. The van der Waals surface area contributed by atoms with Crippen LogP contribution in [0.2, 0.25) is 0 Å². The summed E-state index contributed by atoms with van der Waals surface area (Å²) in [7, 11) is 0. The molecule has 0 saturated heterocycles. The van der Waals surface area contributed by atoms with Gasteiger partial charge in [-0.2, -0.15) is 0 Å². The minimum absolute atomic E-state index is 0.660. The molecule has 0 spiro atoms. The molecule has 0 saturated carbocycles. The monoisotopic (exact) mass is 288 g/mol. The summed E-state index contributed by atoms with van der Waals surface area (Å²) in [6, 6.07) is 8.71. The number of benzene rings is 1. The second-order valence-electron chi connectivity index (χ2n) is 4.50. The summed E-state index contributed by atoms with van der Waals surface area (Å²) in [4.78, 5) is 8.67. The highest BCUT2D eigenvalue weighted by Crippen LogP contribution is 2.27. The standard InChI is InChI=1S/C14H13BrN2/c1-9-7-13(17-14(15)16-9)12-6-5-10-3-2-4-11(10)8-12/h5-8H,2-4H2,1H3. The van der Waals surface area contributed by atoms with Crippen LogP contribution in [0.3, 0.4) is 0 Å². The molecule has 0 fully saturated rings. The number of hydrogen-bond donors (Lipinski definition) is 0. The van der Waals surface area contributed by atoms with Gasteiger partial charge in [0.2, 0.25) is 0 Å².